The monoisotopic (exact) mass is 332 g/mol. The molecule has 0 amide bonds. The van der Waals surface area contributed by atoms with Crippen molar-refractivity contribution in [1.82, 2.24) is 4.72 Å². The molecule has 0 heterocycles. The maximum Gasteiger partial charge on any atom is 0.243 e. The van der Waals surface area contributed by atoms with E-state index in [1.54, 1.807) is 0 Å². The minimum atomic E-state index is -4.13. The smallest absolute Gasteiger partial charge is 0.243 e. The lowest BCUT2D eigenvalue weighted by Gasteiger charge is -2.09. The van der Waals surface area contributed by atoms with Crippen LogP contribution in [0.4, 0.5) is 14.5 Å². The van der Waals surface area contributed by atoms with Crippen molar-refractivity contribution >= 4 is 27.3 Å². The summed E-state index contributed by atoms with van der Waals surface area (Å²) in [7, 11) is -4.13. The highest BCUT2D eigenvalue weighted by atomic mass is 35.5. The summed E-state index contributed by atoms with van der Waals surface area (Å²) in [5.41, 5.74) is 5.52. The standard InChI is InChI=1S/C13H11ClF2N2O2S/c14-9-5-11(17)13(16)12(6-9)21(19,20)18-7-8-1-3-10(15)4-2-8/h1-6,18H,7,17H2. The van der Waals surface area contributed by atoms with Gasteiger partial charge in [0.25, 0.3) is 0 Å². The summed E-state index contributed by atoms with van der Waals surface area (Å²) >= 11 is 5.68. The number of nitrogens with two attached hydrogens (primary N) is 1. The van der Waals surface area contributed by atoms with Crippen molar-refractivity contribution in [2.45, 2.75) is 11.4 Å². The minimum absolute atomic E-state index is 0.0102. The maximum absolute atomic E-state index is 13.8. The largest absolute Gasteiger partial charge is 0.396 e. The Balaban J connectivity index is 2.25. The molecule has 21 heavy (non-hydrogen) atoms. The number of hydrogen-bond donors (Lipinski definition) is 2. The Morgan fingerprint density at radius 3 is 2.38 bits per heavy atom. The van der Waals surface area contributed by atoms with Crippen LogP contribution in [0.25, 0.3) is 0 Å². The second kappa shape index (κ2) is 5.97. The lowest BCUT2D eigenvalue weighted by molar-refractivity contribution is 0.558. The van der Waals surface area contributed by atoms with Crippen molar-refractivity contribution in [2.75, 3.05) is 5.73 Å². The maximum atomic E-state index is 13.8. The molecule has 0 aliphatic heterocycles. The molecule has 2 rings (SSSR count). The number of hydrogen-bond acceptors (Lipinski definition) is 3. The first-order valence-corrected chi connectivity index (χ1v) is 7.64. The molecule has 0 spiro atoms. The van der Waals surface area contributed by atoms with Crippen LogP contribution in [0.15, 0.2) is 41.3 Å². The molecular formula is C13H11ClF2N2O2S. The fourth-order valence-corrected chi connectivity index (χ4v) is 3.08. The van der Waals surface area contributed by atoms with E-state index < -0.39 is 26.6 Å². The normalized spacial score (nSPS) is 11.6. The fourth-order valence-electron chi connectivity index (χ4n) is 1.64. The van der Waals surface area contributed by atoms with Gasteiger partial charge in [0, 0.05) is 11.6 Å². The summed E-state index contributed by atoms with van der Waals surface area (Å²) < 4.78 is 52.9. The van der Waals surface area contributed by atoms with Gasteiger partial charge in [-0.3, -0.25) is 0 Å². The van der Waals surface area contributed by atoms with Crippen molar-refractivity contribution < 1.29 is 17.2 Å². The van der Waals surface area contributed by atoms with Crippen molar-refractivity contribution in [3.8, 4) is 0 Å². The summed E-state index contributed by atoms with van der Waals surface area (Å²) in [6.45, 7) is -0.117. The number of nitrogen functional groups attached to an aromatic ring is 1. The zero-order chi connectivity index (χ0) is 15.6. The Bertz CT molecular complexity index is 764. The molecule has 0 saturated heterocycles. The Kier molecular flexibility index (Phi) is 4.46. The summed E-state index contributed by atoms with van der Waals surface area (Å²) in [6.07, 6.45) is 0. The van der Waals surface area contributed by atoms with Crippen molar-refractivity contribution in [3.63, 3.8) is 0 Å². The summed E-state index contributed by atoms with van der Waals surface area (Å²) in [6, 6.07) is 7.32. The first kappa shape index (κ1) is 15.7. The summed E-state index contributed by atoms with van der Waals surface area (Å²) in [5.74, 6) is -1.50. The lowest BCUT2D eigenvalue weighted by Crippen LogP contribution is -2.24. The van der Waals surface area contributed by atoms with E-state index in [1.165, 1.54) is 24.3 Å². The minimum Gasteiger partial charge on any atom is -0.396 e. The van der Waals surface area contributed by atoms with E-state index in [0.29, 0.717) is 5.56 Å². The second-order valence-electron chi connectivity index (χ2n) is 4.26. The van der Waals surface area contributed by atoms with E-state index >= 15 is 0 Å². The van der Waals surface area contributed by atoms with E-state index in [4.69, 9.17) is 17.3 Å². The molecule has 0 aliphatic rings. The molecule has 2 aromatic carbocycles. The summed E-state index contributed by atoms with van der Waals surface area (Å²) in [5, 5.41) is 0.0102. The van der Waals surface area contributed by atoms with Crippen LogP contribution in [-0.4, -0.2) is 8.42 Å². The molecule has 0 aromatic heterocycles. The SMILES string of the molecule is Nc1cc(Cl)cc(S(=O)(=O)NCc2ccc(F)cc2)c1F. The van der Waals surface area contributed by atoms with Crippen molar-refractivity contribution in [3.05, 3.63) is 58.6 Å². The highest BCUT2D eigenvalue weighted by Gasteiger charge is 2.21. The molecule has 4 nitrogen and oxygen atoms in total. The molecule has 0 fully saturated rings. The molecule has 0 radical (unpaired) electrons. The predicted octanol–water partition coefficient (Wildman–Crippen LogP) is 2.68. The number of anilines is 1. The van der Waals surface area contributed by atoms with E-state index in [2.05, 4.69) is 4.72 Å². The van der Waals surface area contributed by atoms with Crippen LogP contribution in [0.2, 0.25) is 5.02 Å². The fraction of sp³-hybridized carbons (Fsp3) is 0.0769. The van der Waals surface area contributed by atoms with E-state index in [-0.39, 0.29) is 17.3 Å². The third-order valence-corrected chi connectivity index (χ3v) is 4.32. The van der Waals surface area contributed by atoms with Gasteiger partial charge in [0.15, 0.2) is 5.82 Å². The van der Waals surface area contributed by atoms with Gasteiger partial charge >= 0.3 is 0 Å². The van der Waals surface area contributed by atoms with Crippen LogP contribution in [0.1, 0.15) is 5.56 Å². The average molecular weight is 333 g/mol. The van der Waals surface area contributed by atoms with Gasteiger partial charge in [-0.25, -0.2) is 21.9 Å². The quantitative estimate of drug-likeness (QED) is 0.845. The molecule has 0 saturated carbocycles. The van der Waals surface area contributed by atoms with Crippen molar-refractivity contribution in [2.24, 2.45) is 0 Å². The first-order valence-electron chi connectivity index (χ1n) is 5.78. The number of benzene rings is 2. The highest BCUT2D eigenvalue weighted by Crippen LogP contribution is 2.25. The highest BCUT2D eigenvalue weighted by molar-refractivity contribution is 7.89. The van der Waals surface area contributed by atoms with Crippen molar-refractivity contribution in [1.29, 1.82) is 0 Å². The van der Waals surface area contributed by atoms with Crippen LogP contribution in [0, 0.1) is 11.6 Å². The van der Waals surface area contributed by atoms with Crippen LogP contribution in [0.3, 0.4) is 0 Å². The average Bonchev–Trinajstić information content (AvgIpc) is 2.42. The van der Waals surface area contributed by atoms with Crippen LogP contribution in [-0.2, 0) is 16.6 Å². The van der Waals surface area contributed by atoms with E-state index in [0.717, 1.165) is 12.1 Å². The molecule has 0 atom stereocenters. The number of rotatable bonds is 4. The van der Waals surface area contributed by atoms with Crippen LogP contribution in [0.5, 0.6) is 0 Å². The molecular weight excluding hydrogens is 322 g/mol. The molecule has 0 bridgehead atoms. The molecule has 2 aromatic rings. The number of halogens is 3. The van der Waals surface area contributed by atoms with Gasteiger partial charge in [0.05, 0.1) is 5.69 Å². The molecule has 112 valence electrons. The summed E-state index contributed by atoms with van der Waals surface area (Å²) in [4.78, 5) is -0.630. The molecule has 0 aliphatic carbocycles. The topological polar surface area (TPSA) is 72.2 Å². The number of nitrogens with one attached hydrogen (secondary N) is 1. The lowest BCUT2D eigenvalue weighted by atomic mass is 10.2. The third-order valence-electron chi connectivity index (χ3n) is 2.70. The Morgan fingerprint density at radius 2 is 1.76 bits per heavy atom. The van der Waals surface area contributed by atoms with Gasteiger partial charge < -0.3 is 5.73 Å². The van der Waals surface area contributed by atoms with E-state index in [9.17, 15) is 17.2 Å². The van der Waals surface area contributed by atoms with Gasteiger partial charge in [-0.05, 0) is 29.8 Å². The zero-order valence-corrected chi connectivity index (χ0v) is 12.2. The van der Waals surface area contributed by atoms with Gasteiger partial charge in [-0.1, -0.05) is 23.7 Å². The molecule has 8 heteroatoms. The van der Waals surface area contributed by atoms with Gasteiger partial charge in [0.1, 0.15) is 10.7 Å². The van der Waals surface area contributed by atoms with Gasteiger partial charge in [0.2, 0.25) is 10.0 Å². The van der Waals surface area contributed by atoms with Gasteiger partial charge in [-0.15, -0.1) is 0 Å². The van der Waals surface area contributed by atoms with Gasteiger partial charge in [-0.2, -0.15) is 0 Å². The Hall–Kier alpha value is -1.70. The molecule has 0 unspecified atom stereocenters. The number of sulfonamides is 1. The Morgan fingerprint density at radius 1 is 1.14 bits per heavy atom. The molecule has 3 N–H and O–H groups in total. The second-order valence-corrected chi connectivity index (χ2v) is 6.43. The Labute approximate surface area is 125 Å². The zero-order valence-electron chi connectivity index (χ0n) is 10.6. The van der Waals surface area contributed by atoms with Crippen LogP contribution >= 0.6 is 11.6 Å². The van der Waals surface area contributed by atoms with Crippen LogP contribution < -0.4 is 10.5 Å². The third kappa shape index (κ3) is 3.69. The first-order chi connectivity index (χ1) is 9.79. The predicted molar refractivity (Wildman–Crippen MR) is 76.2 cm³/mol. The van der Waals surface area contributed by atoms with E-state index in [1.807, 2.05) is 0 Å².